The normalized spacial score (nSPS) is 18.8. The Labute approximate surface area is 262 Å². The van der Waals surface area contributed by atoms with Crippen molar-refractivity contribution < 1.29 is 23.2 Å². The van der Waals surface area contributed by atoms with E-state index in [2.05, 4.69) is 20.5 Å². The van der Waals surface area contributed by atoms with Crippen LogP contribution >= 0.6 is 11.6 Å². The van der Waals surface area contributed by atoms with Crippen LogP contribution in [0.2, 0.25) is 5.02 Å². The fourth-order valence-corrected chi connectivity index (χ4v) is 6.26. The van der Waals surface area contributed by atoms with Crippen molar-refractivity contribution in [2.45, 2.75) is 62.6 Å². The molecule has 3 amide bonds. The summed E-state index contributed by atoms with van der Waals surface area (Å²) < 4.78 is 27.9. The Balaban J connectivity index is 1.46. The van der Waals surface area contributed by atoms with Gasteiger partial charge in [-0.1, -0.05) is 29.8 Å². The van der Waals surface area contributed by atoms with E-state index < -0.39 is 35.9 Å². The van der Waals surface area contributed by atoms with Crippen molar-refractivity contribution in [2.24, 2.45) is 0 Å². The maximum atomic E-state index is 14.8. The van der Waals surface area contributed by atoms with Crippen LogP contribution in [0.25, 0.3) is 10.9 Å². The lowest BCUT2D eigenvalue weighted by molar-refractivity contribution is -0.128. The number of carbonyl (C=O) groups is 3. The van der Waals surface area contributed by atoms with Crippen LogP contribution in [0.3, 0.4) is 0 Å². The highest BCUT2D eigenvalue weighted by atomic mass is 35.5. The molecule has 3 heterocycles. The minimum absolute atomic E-state index is 0.0432. The van der Waals surface area contributed by atoms with E-state index in [1.54, 1.807) is 48.7 Å². The van der Waals surface area contributed by atoms with Gasteiger partial charge in [-0.05, 0) is 55.7 Å². The van der Waals surface area contributed by atoms with Crippen molar-refractivity contribution in [3.8, 4) is 6.07 Å². The molecule has 0 bridgehead atoms. The molecule has 4 aromatic rings. The van der Waals surface area contributed by atoms with E-state index in [-0.39, 0.29) is 60.8 Å². The molecule has 2 fully saturated rings. The summed E-state index contributed by atoms with van der Waals surface area (Å²) in [6, 6.07) is 13.7. The number of hydrogen-bond donors (Lipinski definition) is 2. The van der Waals surface area contributed by atoms with Gasteiger partial charge in [0.05, 0.1) is 23.3 Å². The third kappa shape index (κ3) is 6.08. The average molecular weight is 632 g/mol. The lowest BCUT2D eigenvalue weighted by Gasteiger charge is -2.37. The second-order valence-corrected chi connectivity index (χ2v) is 11.7. The Morgan fingerprint density at radius 3 is 2.67 bits per heavy atom. The number of rotatable bonds is 7. The van der Waals surface area contributed by atoms with Crippen LogP contribution in [0.4, 0.5) is 20.3 Å². The predicted octanol–water partition coefficient (Wildman–Crippen LogP) is 5.45. The van der Waals surface area contributed by atoms with E-state index in [0.29, 0.717) is 16.8 Å². The van der Waals surface area contributed by atoms with Crippen molar-refractivity contribution >= 4 is 51.7 Å². The summed E-state index contributed by atoms with van der Waals surface area (Å²) in [4.78, 5) is 49.1. The SMILES string of the molecule is N#Cc1ccnc(N2C(=O)CCC2C(=O)N(c2ccc3cn[nH]c3c2)[C@H](C(=O)NC2CCC(F)(F)CC2)c2ccccc2Cl)c1. The molecule has 10 nitrogen and oxygen atoms in total. The van der Waals surface area contributed by atoms with Crippen molar-refractivity contribution in [3.63, 3.8) is 0 Å². The van der Waals surface area contributed by atoms with E-state index >= 15 is 0 Å². The Morgan fingerprint density at radius 2 is 1.91 bits per heavy atom. The van der Waals surface area contributed by atoms with Gasteiger partial charge in [0, 0.05) is 53.2 Å². The maximum Gasteiger partial charge on any atom is 0.251 e. The molecule has 1 saturated carbocycles. The van der Waals surface area contributed by atoms with Gasteiger partial charge in [-0.25, -0.2) is 13.8 Å². The highest BCUT2D eigenvalue weighted by Crippen LogP contribution is 2.38. The van der Waals surface area contributed by atoms with Crippen LogP contribution < -0.4 is 15.1 Å². The van der Waals surface area contributed by atoms with E-state index in [1.807, 2.05) is 6.07 Å². The Morgan fingerprint density at radius 1 is 1.13 bits per heavy atom. The molecule has 0 spiro atoms. The first-order chi connectivity index (χ1) is 21.6. The highest BCUT2D eigenvalue weighted by Gasteiger charge is 2.45. The highest BCUT2D eigenvalue weighted by molar-refractivity contribution is 6.31. The lowest BCUT2D eigenvalue weighted by atomic mass is 9.91. The zero-order chi connectivity index (χ0) is 31.7. The standard InChI is InChI=1S/C32H28ClF2N7O3/c33-24-4-2-1-3-23(24)29(30(44)39-21-9-12-32(34,35)13-10-21)41(22-6-5-20-18-38-40-25(20)16-22)31(45)26-7-8-28(43)42(26)27-15-19(17-36)11-14-37-27/h1-6,11,14-16,18,21,26,29H,7-10,12-13H2,(H,38,40)(H,39,44)/t26?,29-/m0/s1. The van der Waals surface area contributed by atoms with Crippen LogP contribution in [0, 0.1) is 11.3 Å². The van der Waals surface area contributed by atoms with Crippen molar-refractivity contribution in [1.82, 2.24) is 20.5 Å². The Kier molecular flexibility index (Phi) is 8.20. The van der Waals surface area contributed by atoms with Crippen LogP contribution in [-0.2, 0) is 14.4 Å². The molecular weight excluding hydrogens is 604 g/mol. The minimum Gasteiger partial charge on any atom is -0.351 e. The van der Waals surface area contributed by atoms with Gasteiger partial charge in [0.15, 0.2) is 0 Å². The molecule has 2 aliphatic rings. The molecule has 230 valence electrons. The zero-order valence-corrected chi connectivity index (χ0v) is 24.7. The summed E-state index contributed by atoms with van der Waals surface area (Å²) in [6.07, 6.45) is 2.62. The molecule has 13 heteroatoms. The number of nitriles is 1. The summed E-state index contributed by atoms with van der Waals surface area (Å²) in [5.41, 5.74) is 1.50. The number of amides is 3. The summed E-state index contributed by atoms with van der Waals surface area (Å²) >= 11 is 6.66. The van der Waals surface area contributed by atoms with Crippen molar-refractivity contribution in [1.29, 1.82) is 5.26 Å². The Bertz CT molecular complexity index is 1810. The molecule has 1 aliphatic carbocycles. The summed E-state index contributed by atoms with van der Waals surface area (Å²) in [7, 11) is 0. The van der Waals surface area contributed by atoms with Gasteiger partial charge in [-0.15, -0.1) is 0 Å². The molecule has 2 atom stereocenters. The first-order valence-corrected chi connectivity index (χ1v) is 14.9. The first-order valence-electron chi connectivity index (χ1n) is 14.5. The number of nitrogens with one attached hydrogen (secondary N) is 2. The van der Waals surface area contributed by atoms with Crippen molar-refractivity contribution in [3.05, 3.63) is 83.1 Å². The van der Waals surface area contributed by atoms with E-state index in [0.717, 1.165) is 5.39 Å². The predicted molar refractivity (Wildman–Crippen MR) is 163 cm³/mol. The average Bonchev–Trinajstić information content (AvgIpc) is 3.67. The van der Waals surface area contributed by atoms with Gasteiger partial charge in [-0.3, -0.25) is 29.3 Å². The number of H-pyrrole nitrogens is 1. The number of aromatic nitrogens is 3. The van der Waals surface area contributed by atoms with Gasteiger partial charge in [0.1, 0.15) is 17.9 Å². The third-order valence-corrected chi connectivity index (χ3v) is 8.67. The number of nitrogens with zero attached hydrogens (tertiary/aromatic N) is 5. The first kappa shape index (κ1) is 30.1. The largest absolute Gasteiger partial charge is 0.351 e. The molecular formula is C32H28ClF2N7O3. The fourth-order valence-electron chi connectivity index (χ4n) is 6.02. The zero-order valence-electron chi connectivity index (χ0n) is 23.9. The quantitative estimate of drug-likeness (QED) is 0.279. The van der Waals surface area contributed by atoms with Crippen molar-refractivity contribution in [2.75, 3.05) is 9.80 Å². The van der Waals surface area contributed by atoms with Crippen LogP contribution in [-0.4, -0.2) is 50.9 Å². The topological polar surface area (TPSA) is 135 Å². The number of carbonyl (C=O) groups excluding carboxylic acids is 3. The monoisotopic (exact) mass is 631 g/mol. The number of fused-ring (bicyclic) bond motifs is 1. The lowest BCUT2D eigenvalue weighted by Crippen LogP contribution is -2.53. The molecule has 2 N–H and O–H groups in total. The van der Waals surface area contributed by atoms with Gasteiger partial charge in [0.25, 0.3) is 5.91 Å². The maximum absolute atomic E-state index is 14.8. The van der Waals surface area contributed by atoms with Gasteiger partial charge < -0.3 is 5.32 Å². The fraction of sp³-hybridized carbons (Fsp3) is 0.312. The summed E-state index contributed by atoms with van der Waals surface area (Å²) in [5.74, 6) is -4.20. The van der Waals surface area contributed by atoms with Gasteiger partial charge in [0.2, 0.25) is 17.7 Å². The molecule has 2 aromatic heterocycles. The van der Waals surface area contributed by atoms with E-state index in [1.165, 1.54) is 28.1 Å². The van der Waals surface area contributed by atoms with Crippen LogP contribution in [0.1, 0.15) is 55.7 Å². The molecule has 1 saturated heterocycles. The van der Waals surface area contributed by atoms with Gasteiger partial charge in [-0.2, -0.15) is 10.4 Å². The van der Waals surface area contributed by atoms with E-state index in [9.17, 15) is 28.4 Å². The molecule has 1 unspecified atom stereocenters. The number of pyridine rings is 1. The molecule has 6 rings (SSSR count). The van der Waals surface area contributed by atoms with Crippen LogP contribution in [0.15, 0.2) is 67.0 Å². The number of anilines is 2. The smallest absolute Gasteiger partial charge is 0.251 e. The van der Waals surface area contributed by atoms with Gasteiger partial charge >= 0.3 is 0 Å². The number of aromatic amines is 1. The molecule has 45 heavy (non-hydrogen) atoms. The second kappa shape index (κ2) is 12.2. The minimum atomic E-state index is -2.79. The third-order valence-electron chi connectivity index (χ3n) is 8.33. The van der Waals surface area contributed by atoms with E-state index in [4.69, 9.17) is 11.6 Å². The Hall–Kier alpha value is -4.89. The molecule has 1 aliphatic heterocycles. The molecule has 0 radical (unpaired) electrons. The second-order valence-electron chi connectivity index (χ2n) is 11.2. The summed E-state index contributed by atoms with van der Waals surface area (Å²) in [6.45, 7) is 0. The number of hydrogen-bond acceptors (Lipinski definition) is 6. The van der Waals surface area contributed by atoms with Crippen LogP contribution in [0.5, 0.6) is 0 Å². The number of benzene rings is 2. The number of alkyl halides is 2. The summed E-state index contributed by atoms with van der Waals surface area (Å²) in [5, 5.41) is 20.3. The molecule has 2 aromatic carbocycles. The number of halogens is 3.